The number of amides is 2. The number of oxazole rings is 1. The predicted octanol–water partition coefficient (Wildman–Crippen LogP) is -0.202. The molecule has 0 spiro atoms. The average molecular weight is 229 g/mol. The third-order valence-electron chi connectivity index (χ3n) is 1.43. The first-order chi connectivity index (χ1) is 7.58. The molecular weight excluding hydrogens is 218 g/mol. The molecule has 8 nitrogen and oxygen atoms in total. The number of nitrogens with one attached hydrogen (secondary N) is 2. The van der Waals surface area contributed by atoms with Gasteiger partial charge in [0, 0.05) is 0 Å². The third-order valence-corrected chi connectivity index (χ3v) is 1.43. The zero-order chi connectivity index (χ0) is 12.0. The van der Waals surface area contributed by atoms with Crippen LogP contribution in [0.5, 0.6) is 0 Å². The van der Waals surface area contributed by atoms with E-state index in [9.17, 15) is 9.59 Å². The number of aryl methyl sites for hydroxylation is 1. The smallest absolute Gasteiger partial charge is 0.339 e. The molecule has 0 aliphatic heterocycles. The summed E-state index contributed by atoms with van der Waals surface area (Å²) in [5.74, 6) is -0.186. The number of aromatic nitrogens is 1. The second-order valence-corrected chi connectivity index (χ2v) is 2.83. The lowest BCUT2D eigenvalue weighted by molar-refractivity contribution is -0.144. The van der Waals surface area contributed by atoms with Crippen LogP contribution >= 0.6 is 0 Å². The molecule has 3 N–H and O–H groups in total. The lowest BCUT2D eigenvalue weighted by Crippen LogP contribution is -2.36. The first kappa shape index (κ1) is 12.0. The fourth-order valence-corrected chi connectivity index (χ4v) is 0.839. The van der Waals surface area contributed by atoms with Crippen LogP contribution in [0.2, 0.25) is 0 Å². The van der Waals surface area contributed by atoms with Crippen LogP contribution < -0.4 is 10.8 Å². The van der Waals surface area contributed by atoms with Crippen LogP contribution in [-0.2, 0) is 16.2 Å². The molecule has 1 rings (SSSR count). The number of nitrogens with zero attached hydrogens (tertiary/aromatic N) is 1. The Bertz CT molecular complexity index is 376. The van der Waals surface area contributed by atoms with E-state index in [1.54, 1.807) is 6.92 Å². The van der Waals surface area contributed by atoms with Crippen molar-refractivity contribution in [2.24, 2.45) is 0 Å². The summed E-state index contributed by atoms with van der Waals surface area (Å²) in [7, 11) is 0. The maximum Gasteiger partial charge on any atom is 0.339 e. The first-order valence-electron chi connectivity index (χ1n) is 4.36. The molecule has 0 radical (unpaired) electrons. The van der Waals surface area contributed by atoms with Gasteiger partial charge in [-0.25, -0.2) is 20.1 Å². The van der Waals surface area contributed by atoms with Crippen molar-refractivity contribution >= 4 is 12.0 Å². The van der Waals surface area contributed by atoms with Crippen molar-refractivity contribution in [1.29, 1.82) is 0 Å². The predicted molar refractivity (Wildman–Crippen MR) is 50.2 cm³/mol. The fraction of sp³-hybridized carbons (Fsp3) is 0.375. The zero-order valence-electron chi connectivity index (χ0n) is 8.52. The minimum atomic E-state index is -1.18. The van der Waals surface area contributed by atoms with Gasteiger partial charge in [-0.15, -0.1) is 0 Å². The fourth-order valence-electron chi connectivity index (χ4n) is 0.839. The molecule has 1 heterocycles. The van der Waals surface area contributed by atoms with Crippen molar-refractivity contribution in [3.63, 3.8) is 0 Å². The molecule has 0 unspecified atom stereocenters. The Morgan fingerprint density at radius 3 is 2.94 bits per heavy atom. The van der Waals surface area contributed by atoms with E-state index in [4.69, 9.17) is 9.52 Å². The zero-order valence-corrected chi connectivity index (χ0v) is 8.52. The monoisotopic (exact) mass is 229 g/mol. The van der Waals surface area contributed by atoms with E-state index in [0.717, 1.165) is 0 Å². The summed E-state index contributed by atoms with van der Waals surface area (Å²) in [6, 6.07) is -0.669. The summed E-state index contributed by atoms with van der Waals surface area (Å²) in [6.07, 6.45) is 1.52. The Morgan fingerprint density at radius 1 is 1.62 bits per heavy atom. The lowest BCUT2D eigenvalue weighted by Gasteiger charge is -2.04. The SMILES string of the molecule is Cc1cnc(CNC(=O)NOCC(=O)O)o1. The van der Waals surface area contributed by atoms with E-state index >= 15 is 0 Å². The molecule has 8 heteroatoms. The second kappa shape index (κ2) is 5.71. The number of rotatable bonds is 5. The van der Waals surface area contributed by atoms with Crippen molar-refractivity contribution in [3.05, 3.63) is 17.8 Å². The topological polar surface area (TPSA) is 114 Å². The van der Waals surface area contributed by atoms with E-state index in [0.29, 0.717) is 11.7 Å². The number of carboxylic acid groups (broad SMARTS) is 1. The average Bonchev–Trinajstić information content (AvgIpc) is 2.61. The minimum absolute atomic E-state index is 0.0934. The van der Waals surface area contributed by atoms with Crippen LogP contribution in [0.3, 0.4) is 0 Å². The highest BCUT2D eigenvalue weighted by Gasteiger charge is 2.05. The summed E-state index contributed by atoms with van der Waals surface area (Å²) in [5, 5.41) is 10.6. The third kappa shape index (κ3) is 4.42. The molecular formula is C8H11N3O5. The van der Waals surface area contributed by atoms with Gasteiger partial charge in [-0.3, -0.25) is 4.84 Å². The van der Waals surface area contributed by atoms with Gasteiger partial charge in [-0.05, 0) is 6.92 Å². The highest BCUT2D eigenvalue weighted by molar-refractivity contribution is 5.73. The number of hydrogen-bond acceptors (Lipinski definition) is 5. The van der Waals surface area contributed by atoms with Crippen molar-refractivity contribution in [3.8, 4) is 0 Å². The molecule has 2 amide bonds. The maximum absolute atomic E-state index is 11.0. The van der Waals surface area contributed by atoms with Crippen molar-refractivity contribution in [2.45, 2.75) is 13.5 Å². The highest BCUT2D eigenvalue weighted by Crippen LogP contribution is 2.00. The van der Waals surface area contributed by atoms with Gasteiger partial charge in [0.25, 0.3) is 0 Å². The number of carboxylic acids is 1. The Labute approximate surface area is 90.6 Å². The molecule has 0 aromatic carbocycles. The van der Waals surface area contributed by atoms with E-state index < -0.39 is 18.6 Å². The molecule has 16 heavy (non-hydrogen) atoms. The van der Waals surface area contributed by atoms with Gasteiger partial charge in [-0.2, -0.15) is 0 Å². The van der Waals surface area contributed by atoms with Crippen LogP contribution in [0.25, 0.3) is 0 Å². The standard InChI is InChI=1S/C8H11N3O5/c1-5-2-9-6(16-5)3-10-8(14)11-15-4-7(12)13/h2H,3-4H2,1H3,(H,12,13)(H2,10,11,14). The Kier molecular flexibility index (Phi) is 4.28. The Morgan fingerprint density at radius 2 is 2.38 bits per heavy atom. The molecule has 1 aromatic heterocycles. The van der Waals surface area contributed by atoms with Crippen LogP contribution in [0.4, 0.5) is 4.79 Å². The van der Waals surface area contributed by atoms with E-state index in [1.165, 1.54) is 6.20 Å². The summed E-state index contributed by atoms with van der Waals surface area (Å²) < 4.78 is 5.09. The molecule has 0 saturated carbocycles. The number of hydrogen-bond donors (Lipinski definition) is 3. The van der Waals surface area contributed by atoms with E-state index in [-0.39, 0.29) is 6.54 Å². The Hall–Kier alpha value is -2.09. The summed E-state index contributed by atoms with van der Waals surface area (Å²) in [4.78, 5) is 29.2. The number of hydroxylamine groups is 1. The molecule has 1 aromatic rings. The van der Waals surface area contributed by atoms with E-state index in [2.05, 4.69) is 15.1 Å². The van der Waals surface area contributed by atoms with Gasteiger partial charge in [0.2, 0.25) is 5.89 Å². The Balaban J connectivity index is 2.17. The quantitative estimate of drug-likeness (QED) is 0.602. The molecule has 0 aliphatic rings. The highest BCUT2D eigenvalue weighted by atomic mass is 16.7. The number of carbonyl (C=O) groups excluding carboxylic acids is 1. The molecule has 0 fully saturated rings. The van der Waals surface area contributed by atoms with Crippen molar-refractivity contribution < 1.29 is 24.0 Å². The minimum Gasteiger partial charge on any atom is -0.479 e. The second-order valence-electron chi connectivity index (χ2n) is 2.83. The summed E-state index contributed by atoms with van der Waals surface area (Å²) >= 11 is 0. The van der Waals surface area contributed by atoms with Crippen molar-refractivity contribution in [1.82, 2.24) is 15.8 Å². The largest absolute Gasteiger partial charge is 0.479 e. The molecule has 0 bridgehead atoms. The lowest BCUT2D eigenvalue weighted by atomic mass is 10.6. The maximum atomic E-state index is 11.0. The van der Waals surface area contributed by atoms with Crippen LogP contribution in [0.15, 0.2) is 10.6 Å². The van der Waals surface area contributed by atoms with Gasteiger partial charge in [0.1, 0.15) is 5.76 Å². The first-order valence-corrected chi connectivity index (χ1v) is 4.36. The molecule has 88 valence electrons. The van der Waals surface area contributed by atoms with Crippen LogP contribution in [0.1, 0.15) is 11.7 Å². The van der Waals surface area contributed by atoms with Crippen LogP contribution in [0, 0.1) is 6.92 Å². The van der Waals surface area contributed by atoms with Gasteiger partial charge in [-0.1, -0.05) is 0 Å². The van der Waals surface area contributed by atoms with Gasteiger partial charge >= 0.3 is 12.0 Å². The normalized spacial score (nSPS) is 9.81. The van der Waals surface area contributed by atoms with Gasteiger partial charge in [0.15, 0.2) is 6.61 Å². The molecule has 0 aliphatic carbocycles. The van der Waals surface area contributed by atoms with Crippen molar-refractivity contribution in [2.75, 3.05) is 6.61 Å². The molecule has 0 atom stereocenters. The number of carbonyl (C=O) groups is 2. The van der Waals surface area contributed by atoms with Gasteiger partial charge < -0.3 is 14.8 Å². The van der Waals surface area contributed by atoms with Gasteiger partial charge in [0.05, 0.1) is 12.7 Å². The number of urea groups is 1. The number of aliphatic carboxylic acids is 1. The summed E-state index contributed by atoms with van der Waals surface area (Å²) in [6.45, 7) is 1.22. The van der Waals surface area contributed by atoms with E-state index in [1.807, 2.05) is 5.48 Å². The van der Waals surface area contributed by atoms with Crippen LogP contribution in [-0.4, -0.2) is 28.7 Å². The summed E-state index contributed by atoms with van der Waals surface area (Å²) in [5.41, 5.74) is 1.89. The molecule has 0 saturated heterocycles.